The van der Waals surface area contributed by atoms with Crippen LogP contribution < -0.4 is 5.32 Å². The van der Waals surface area contributed by atoms with Crippen LogP contribution in [-0.4, -0.2) is 83.0 Å². The molecule has 2 saturated carbocycles. The number of nitrogens with zero attached hydrogens (tertiary/aromatic N) is 3. The minimum absolute atomic E-state index is 0.00859. The van der Waals surface area contributed by atoms with Gasteiger partial charge in [0.15, 0.2) is 0 Å². The van der Waals surface area contributed by atoms with E-state index in [1.807, 2.05) is 32.6 Å². The fourth-order valence-corrected chi connectivity index (χ4v) is 6.19. The highest BCUT2D eigenvalue weighted by molar-refractivity contribution is 5.92. The Labute approximate surface area is 209 Å². The van der Waals surface area contributed by atoms with Gasteiger partial charge >= 0.3 is 0 Å². The third-order valence-electron chi connectivity index (χ3n) is 8.52. The summed E-state index contributed by atoms with van der Waals surface area (Å²) in [4.78, 5) is 54.1. The third-order valence-corrected chi connectivity index (χ3v) is 8.52. The van der Waals surface area contributed by atoms with E-state index in [-0.39, 0.29) is 36.2 Å². The van der Waals surface area contributed by atoms with Crippen LogP contribution >= 0.6 is 0 Å². The first kappa shape index (κ1) is 27.4. The molecule has 198 valence electrons. The Kier molecular flexibility index (Phi) is 8.50. The number of likely N-dealkylation sites (N-methyl/N-ethyl adjacent to an activating group) is 1. The number of piperidine rings is 1. The number of hydrogen-bond acceptors (Lipinski definition) is 5. The molecular weight excluding hydrogens is 448 g/mol. The van der Waals surface area contributed by atoms with Gasteiger partial charge in [-0.1, -0.05) is 53.4 Å². The second-order valence-corrected chi connectivity index (χ2v) is 11.9. The molecule has 0 radical (unpaired) electrons. The van der Waals surface area contributed by atoms with E-state index >= 15 is 0 Å². The Bertz CT molecular complexity index is 798. The van der Waals surface area contributed by atoms with Gasteiger partial charge in [0.05, 0.1) is 12.0 Å². The molecule has 9 nitrogen and oxygen atoms in total. The normalized spacial score (nSPS) is 26.2. The monoisotopic (exact) mass is 492 g/mol. The lowest BCUT2D eigenvalue weighted by Crippen LogP contribution is -2.59. The van der Waals surface area contributed by atoms with Crippen molar-refractivity contribution in [3.63, 3.8) is 0 Å². The number of carbonyl (C=O) groups is 4. The standard InChI is InChI=1S/C26H44N4O5/c1-6-21(32)29-13-11-19(12-14-29)28(5)23(33)22(25(2,3)4)27-24(34)26(16-30(35)17-31)15-20(26)18-9-7-8-10-18/h17-20,22,35H,6-16H2,1-5H3,(H,27,34)/t20?,22-,26+/m1/s1. The number of rotatable bonds is 9. The maximum absolute atomic E-state index is 13.7. The van der Waals surface area contributed by atoms with Crippen molar-refractivity contribution < 1.29 is 24.4 Å². The van der Waals surface area contributed by atoms with Crippen molar-refractivity contribution in [2.45, 2.75) is 91.1 Å². The Hall–Kier alpha value is -2.16. The van der Waals surface area contributed by atoms with E-state index in [1.165, 1.54) is 0 Å². The van der Waals surface area contributed by atoms with Crippen molar-refractivity contribution in [3.8, 4) is 0 Å². The van der Waals surface area contributed by atoms with Crippen molar-refractivity contribution in [2.75, 3.05) is 26.7 Å². The quantitative estimate of drug-likeness (QED) is 0.292. The zero-order valence-corrected chi connectivity index (χ0v) is 22.1. The lowest BCUT2D eigenvalue weighted by molar-refractivity contribution is -0.157. The highest BCUT2D eigenvalue weighted by Gasteiger charge is 2.63. The molecule has 3 aliphatic rings. The van der Waals surface area contributed by atoms with Gasteiger partial charge in [0.1, 0.15) is 6.04 Å². The van der Waals surface area contributed by atoms with Crippen LogP contribution in [0, 0.1) is 22.7 Å². The molecule has 0 bridgehead atoms. The highest BCUT2D eigenvalue weighted by Crippen LogP contribution is 2.60. The summed E-state index contributed by atoms with van der Waals surface area (Å²) in [5, 5.41) is 13.6. The van der Waals surface area contributed by atoms with Gasteiger partial charge in [-0.05, 0) is 36.5 Å². The molecule has 1 unspecified atom stereocenters. The summed E-state index contributed by atoms with van der Waals surface area (Å²) in [6, 6.07) is -0.727. The Morgan fingerprint density at radius 1 is 1.14 bits per heavy atom. The van der Waals surface area contributed by atoms with Crippen LogP contribution in [0.4, 0.5) is 0 Å². The van der Waals surface area contributed by atoms with Crippen molar-refractivity contribution in [1.82, 2.24) is 20.2 Å². The Balaban J connectivity index is 1.71. The van der Waals surface area contributed by atoms with Crippen molar-refractivity contribution in [1.29, 1.82) is 0 Å². The molecule has 2 N–H and O–H groups in total. The zero-order valence-electron chi connectivity index (χ0n) is 22.1. The summed E-state index contributed by atoms with van der Waals surface area (Å²) >= 11 is 0. The second kappa shape index (κ2) is 10.8. The first-order valence-electron chi connectivity index (χ1n) is 13.2. The molecule has 0 aromatic carbocycles. The minimum atomic E-state index is -0.848. The Morgan fingerprint density at radius 3 is 2.26 bits per heavy atom. The molecule has 0 spiro atoms. The second-order valence-electron chi connectivity index (χ2n) is 11.9. The lowest BCUT2D eigenvalue weighted by atomic mass is 9.84. The average molecular weight is 493 g/mol. The fourth-order valence-electron chi connectivity index (χ4n) is 6.19. The zero-order chi connectivity index (χ0) is 26.0. The van der Waals surface area contributed by atoms with Crippen LogP contribution in [-0.2, 0) is 19.2 Å². The van der Waals surface area contributed by atoms with E-state index in [0.717, 1.165) is 25.7 Å². The molecular formula is C26H44N4O5. The molecule has 35 heavy (non-hydrogen) atoms. The molecule has 3 rings (SSSR count). The summed E-state index contributed by atoms with van der Waals surface area (Å²) in [5.74, 6) is 0.282. The SMILES string of the molecule is CCC(=O)N1CCC(N(C)C(=O)[C@@H](NC(=O)[C@]2(CN(O)C=O)CC2C2CCCC2)C(C)(C)C)CC1. The van der Waals surface area contributed by atoms with Gasteiger partial charge in [0.2, 0.25) is 24.1 Å². The summed E-state index contributed by atoms with van der Waals surface area (Å²) in [5.41, 5.74) is -1.37. The number of hydroxylamine groups is 2. The van der Waals surface area contributed by atoms with Gasteiger partial charge in [-0.25, -0.2) is 5.06 Å². The highest BCUT2D eigenvalue weighted by atomic mass is 16.5. The predicted molar refractivity (Wildman–Crippen MR) is 131 cm³/mol. The first-order chi connectivity index (χ1) is 16.4. The van der Waals surface area contributed by atoms with E-state index in [4.69, 9.17) is 0 Å². The van der Waals surface area contributed by atoms with Crippen LogP contribution in [0.1, 0.15) is 79.1 Å². The number of nitrogens with one attached hydrogen (secondary N) is 1. The molecule has 9 heteroatoms. The fraction of sp³-hybridized carbons (Fsp3) is 0.846. The molecule has 1 heterocycles. The largest absolute Gasteiger partial charge is 0.343 e. The van der Waals surface area contributed by atoms with Crippen LogP contribution in [0.5, 0.6) is 0 Å². The Morgan fingerprint density at radius 2 is 1.74 bits per heavy atom. The summed E-state index contributed by atoms with van der Waals surface area (Å²) in [6.07, 6.45) is 7.30. The number of hydrogen-bond donors (Lipinski definition) is 2. The molecule has 1 aliphatic heterocycles. The summed E-state index contributed by atoms with van der Waals surface area (Å²) < 4.78 is 0. The van der Waals surface area contributed by atoms with E-state index < -0.39 is 16.9 Å². The van der Waals surface area contributed by atoms with E-state index in [2.05, 4.69) is 5.32 Å². The van der Waals surface area contributed by atoms with Crippen LogP contribution in [0.25, 0.3) is 0 Å². The van der Waals surface area contributed by atoms with Gasteiger partial charge in [-0.15, -0.1) is 0 Å². The van der Waals surface area contributed by atoms with Gasteiger partial charge < -0.3 is 15.1 Å². The van der Waals surface area contributed by atoms with Crippen molar-refractivity contribution in [2.24, 2.45) is 22.7 Å². The van der Waals surface area contributed by atoms with Crippen LogP contribution in [0.15, 0.2) is 0 Å². The number of carbonyl (C=O) groups excluding carboxylic acids is 4. The molecule has 0 aromatic rings. The minimum Gasteiger partial charge on any atom is -0.343 e. The topological polar surface area (TPSA) is 110 Å². The van der Waals surface area contributed by atoms with Gasteiger partial charge in [0.25, 0.3) is 0 Å². The van der Waals surface area contributed by atoms with Crippen LogP contribution in [0.3, 0.4) is 0 Å². The molecule has 3 fully saturated rings. The van der Waals surface area contributed by atoms with Gasteiger partial charge in [-0.3, -0.25) is 24.4 Å². The molecule has 3 atom stereocenters. The molecule has 4 amide bonds. The number of amides is 4. The van der Waals surface area contributed by atoms with Crippen LogP contribution in [0.2, 0.25) is 0 Å². The first-order valence-corrected chi connectivity index (χ1v) is 13.2. The molecule has 2 aliphatic carbocycles. The lowest BCUT2D eigenvalue weighted by Gasteiger charge is -2.40. The molecule has 1 saturated heterocycles. The van der Waals surface area contributed by atoms with Crippen molar-refractivity contribution in [3.05, 3.63) is 0 Å². The van der Waals surface area contributed by atoms with Gasteiger partial charge in [-0.2, -0.15) is 0 Å². The van der Waals surface area contributed by atoms with E-state index in [1.54, 1.807) is 11.9 Å². The number of likely N-dealkylation sites (tertiary alicyclic amines) is 1. The third kappa shape index (κ3) is 5.98. The van der Waals surface area contributed by atoms with Crippen molar-refractivity contribution >= 4 is 24.1 Å². The maximum Gasteiger partial charge on any atom is 0.245 e. The predicted octanol–water partition coefficient (Wildman–Crippen LogP) is 2.42. The smallest absolute Gasteiger partial charge is 0.245 e. The van der Waals surface area contributed by atoms with E-state index in [9.17, 15) is 24.4 Å². The van der Waals surface area contributed by atoms with Gasteiger partial charge in [0, 0.05) is 32.6 Å². The summed E-state index contributed by atoms with van der Waals surface area (Å²) in [7, 11) is 1.78. The summed E-state index contributed by atoms with van der Waals surface area (Å²) in [6.45, 7) is 8.87. The van der Waals surface area contributed by atoms with E-state index in [0.29, 0.717) is 56.2 Å². The average Bonchev–Trinajstić information content (AvgIpc) is 3.29. The molecule has 0 aromatic heterocycles. The maximum atomic E-state index is 13.7.